The summed E-state index contributed by atoms with van der Waals surface area (Å²) in [6.07, 6.45) is 3.38. The molecule has 1 aliphatic heterocycles. The maximum Gasteiger partial charge on any atom is 0.334 e. The molecule has 0 saturated carbocycles. The van der Waals surface area contributed by atoms with Gasteiger partial charge in [0.1, 0.15) is 18.1 Å². The van der Waals surface area contributed by atoms with Crippen molar-refractivity contribution >= 4 is 29.3 Å². The molecule has 0 fully saturated rings. The number of rotatable bonds is 7. The van der Waals surface area contributed by atoms with Crippen LogP contribution in [0.1, 0.15) is 38.8 Å². The number of ether oxygens (including phenoxy) is 2. The molecule has 0 radical (unpaired) electrons. The van der Waals surface area contributed by atoms with Crippen LogP contribution in [-0.4, -0.2) is 33.8 Å². The summed E-state index contributed by atoms with van der Waals surface area (Å²) >= 11 is 0. The summed E-state index contributed by atoms with van der Waals surface area (Å²) in [4.78, 5) is 43.8. The van der Waals surface area contributed by atoms with Crippen molar-refractivity contribution in [1.29, 1.82) is 0 Å². The normalized spacial score (nSPS) is 14.1. The molecule has 194 valence electrons. The molecule has 4 aromatic rings. The van der Waals surface area contributed by atoms with Crippen molar-refractivity contribution in [3.63, 3.8) is 0 Å². The third-order valence-corrected chi connectivity index (χ3v) is 6.34. The van der Waals surface area contributed by atoms with E-state index >= 15 is 0 Å². The average Bonchev–Trinajstić information content (AvgIpc) is 2.99. The zero-order valence-corrected chi connectivity index (χ0v) is 20.9. The van der Waals surface area contributed by atoms with Crippen LogP contribution in [0.2, 0.25) is 0 Å². The molecule has 0 saturated heterocycles. The highest BCUT2D eigenvalue weighted by Crippen LogP contribution is 2.40. The maximum atomic E-state index is 13.9. The average molecular weight is 522 g/mol. The van der Waals surface area contributed by atoms with E-state index in [9.17, 15) is 19.7 Å². The predicted octanol–water partition coefficient (Wildman–Crippen LogP) is 5.44. The quantitative estimate of drug-likeness (QED) is 0.181. The number of nitro groups is 1. The highest BCUT2D eigenvalue weighted by molar-refractivity contribution is 6.05. The van der Waals surface area contributed by atoms with Crippen LogP contribution < -0.4 is 4.74 Å². The van der Waals surface area contributed by atoms with Crippen LogP contribution in [0.4, 0.5) is 5.69 Å². The van der Waals surface area contributed by atoms with Crippen molar-refractivity contribution < 1.29 is 24.0 Å². The number of non-ortho nitro benzene ring substituents is 1. The molecule has 9 heteroatoms. The molecule has 3 aromatic carbocycles. The molecule has 2 heterocycles. The minimum Gasteiger partial charge on any atom is -0.497 e. The largest absolute Gasteiger partial charge is 0.497 e. The monoisotopic (exact) mass is 521 g/mol. The Balaban J connectivity index is 1.55. The number of aromatic nitrogens is 1. The van der Waals surface area contributed by atoms with Gasteiger partial charge in [0.25, 0.3) is 11.6 Å². The Kier molecular flexibility index (Phi) is 7.13. The van der Waals surface area contributed by atoms with Gasteiger partial charge >= 0.3 is 5.97 Å². The molecule has 1 aromatic heterocycles. The third kappa shape index (κ3) is 5.24. The number of carbonyl (C=O) groups excluding carboxylic acids is 2. The van der Waals surface area contributed by atoms with E-state index in [-0.39, 0.29) is 18.0 Å². The Labute approximate surface area is 224 Å². The van der Waals surface area contributed by atoms with Crippen molar-refractivity contribution in [3.05, 3.63) is 135 Å². The first-order valence-corrected chi connectivity index (χ1v) is 12.1. The second kappa shape index (κ2) is 11.0. The van der Waals surface area contributed by atoms with Crippen LogP contribution in [-0.2, 0) is 16.1 Å². The number of hydrogen-bond acceptors (Lipinski definition) is 7. The minimum absolute atomic E-state index is 0.0623. The zero-order valence-electron chi connectivity index (χ0n) is 20.9. The van der Waals surface area contributed by atoms with E-state index in [0.29, 0.717) is 28.1 Å². The van der Waals surface area contributed by atoms with Crippen LogP contribution >= 0.6 is 0 Å². The molecule has 1 unspecified atom stereocenters. The maximum absolute atomic E-state index is 13.9. The van der Waals surface area contributed by atoms with E-state index in [1.54, 1.807) is 49.6 Å². The Morgan fingerprint density at radius 3 is 2.33 bits per heavy atom. The van der Waals surface area contributed by atoms with Crippen LogP contribution in [0.15, 0.2) is 97.2 Å². The lowest BCUT2D eigenvalue weighted by atomic mass is 9.91. The Hall–Kier alpha value is -5.31. The van der Waals surface area contributed by atoms with Gasteiger partial charge in [0.2, 0.25) is 0 Å². The number of carbonyl (C=O) groups is 2. The SMILES string of the molecule is COc1ccc(C2=Cc3ccccc3C(C(=O)OCc3ccc([N+](=O)[O-])cc3)N2C(=O)c2ccccn2)cc1. The van der Waals surface area contributed by atoms with Gasteiger partial charge < -0.3 is 9.47 Å². The topological polar surface area (TPSA) is 112 Å². The molecular formula is C30H23N3O6. The summed E-state index contributed by atoms with van der Waals surface area (Å²) in [6.45, 7) is -0.122. The Bertz CT molecular complexity index is 1550. The fourth-order valence-corrected chi connectivity index (χ4v) is 4.39. The minimum atomic E-state index is -1.10. The summed E-state index contributed by atoms with van der Waals surface area (Å²) in [5.74, 6) is -0.467. The van der Waals surface area contributed by atoms with Gasteiger partial charge in [-0.1, -0.05) is 30.3 Å². The van der Waals surface area contributed by atoms with Crippen LogP contribution in [0.3, 0.4) is 0 Å². The first-order valence-electron chi connectivity index (χ1n) is 12.1. The molecule has 1 aliphatic rings. The standard InChI is InChI=1S/C30H23N3O6/c1-38-24-15-11-21(12-16-24)27-18-22-6-2-3-7-25(22)28(32(27)29(34)26-8-4-5-17-31-26)30(35)39-19-20-9-13-23(14-10-20)33(36)37/h2-18,28H,19H2,1H3. The first-order chi connectivity index (χ1) is 19.0. The third-order valence-electron chi connectivity index (χ3n) is 6.34. The van der Waals surface area contributed by atoms with Crippen LogP contribution in [0.25, 0.3) is 11.8 Å². The number of methoxy groups -OCH3 is 1. The molecule has 0 aliphatic carbocycles. The zero-order chi connectivity index (χ0) is 27.4. The van der Waals surface area contributed by atoms with Gasteiger partial charge in [-0.15, -0.1) is 0 Å². The van der Waals surface area contributed by atoms with E-state index in [0.717, 1.165) is 5.56 Å². The number of esters is 1. The number of nitro benzene ring substituents is 1. The van der Waals surface area contributed by atoms with Gasteiger partial charge in [-0.2, -0.15) is 0 Å². The van der Waals surface area contributed by atoms with Crippen molar-refractivity contribution in [3.8, 4) is 5.75 Å². The lowest BCUT2D eigenvalue weighted by Gasteiger charge is -2.36. The van der Waals surface area contributed by atoms with E-state index in [1.807, 2.05) is 30.3 Å². The molecule has 1 amide bonds. The van der Waals surface area contributed by atoms with E-state index in [2.05, 4.69) is 4.98 Å². The summed E-state index contributed by atoms with van der Waals surface area (Å²) in [5.41, 5.74) is 3.26. The van der Waals surface area contributed by atoms with Gasteiger partial charge in [-0.05, 0) is 76.9 Å². The van der Waals surface area contributed by atoms with Crippen molar-refractivity contribution in [2.75, 3.05) is 7.11 Å². The fraction of sp³-hybridized carbons (Fsp3) is 0.100. The molecule has 0 N–H and O–H groups in total. The number of benzene rings is 3. The number of nitrogens with zero attached hydrogens (tertiary/aromatic N) is 3. The van der Waals surface area contributed by atoms with Crippen molar-refractivity contribution in [1.82, 2.24) is 9.88 Å². The summed E-state index contributed by atoms with van der Waals surface area (Å²) in [7, 11) is 1.57. The highest BCUT2D eigenvalue weighted by atomic mass is 16.6. The number of pyridine rings is 1. The van der Waals surface area contributed by atoms with E-state index in [1.165, 1.54) is 35.4 Å². The van der Waals surface area contributed by atoms with Crippen LogP contribution in [0.5, 0.6) is 5.75 Å². The van der Waals surface area contributed by atoms with Gasteiger partial charge in [-0.3, -0.25) is 24.8 Å². The summed E-state index contributed by atoms with van der Waals surface area (Å²) in [6, 6.07) is 24.2. The second-order valence-corrected chi connectivity index (χ2v) is 8.71. The van der Waals surface area contributed by atoms with Gasteiger partial charge in [0.05, 0.1) is 17.7 Å². The molecule has 1 atom stereocenters. The first kappa shape index (κ1) is 25.3. The predicted molar refractivity (Wildman–Crippen MR) is 143 cm³/mol. The molecule has 39 heavy (non-hydrogen) atoms. The number of fused-ring (bicyclic) bond motifs is 1. The smallest absolute Gasteiger partial charge is 0.334 e. The van der Waals surface area contributed by atoms with Crippen molar-refractivity contribution in [2.45, 2.75) is 12.6 Å². The molecule has 0 spiro atoms. The summed E-state index contributed by atoms with van der Waals surface area (Å²) in [5, 5.41) is 11.0. The molecule has 0 bridgehead atoms. The van der Waals surface area contributed by atoms with Gasteiger partial charge in [0, 0.05) is 18.3 Å². The van der Waals surface area contributed by atoms with Crippen molar-refractivity contribution in [2.24, 2.45) is 0 Å². The van der Waals surface area contributed by atoms with E-state index < -0.39 is 22.8 Å². The fourth-order valence-electron chi connectivity index (χ4n) is 4.39. The Morgan fingerprint density at radius 2 is 1.67 bits per heavy atom. The van der Waals surface area contributed by atoms with Crippen LogP contribution in [0, 0.1) is 10.1 Å². The molecule has 5 rings (SSSR count). The summed E-state index contributed by atoms with van der Waals surface area (Å²) < 4.78 is 11.0. The lowest BCUT2D eigenvalue weighted by molar-refractivity contribution is -0.384. The Morgan fingerprint density at radius 1 is 0.949 bits per heavy atom. The number of hydrogen-bond donors (Lipinski definition) is 0. The molecule has 9 nitrogen and oxygen atoms in total. The second-order valence-electron chi connectivity index (χ2n) is 8.71. The van der Waals surface area contributed by atoms with E-state index in [4.69, 9.17) is 9.47 Å². The lowest BCUT2D eigenvalue weighted by Crippen LogP contribution is -2.41. The van der Waals surface area contributed by atoms with Gasteiger partial charge in [0.15, 0.2) is 6.04 Å². The van der Waals surface area contributed by atoms with Gasteiger partial charge in [-0.25, -0.2) is 4.79 Å². The highest BCUT2D eigenvalue weighted by Gasteiger charge is 2.40. The number of amides is 1. The molecular weight excluding hydrogens is 498 g/mol.